The molecule has 11 aromatic carbocycles. The first-order valence-corrected chi connectivity index (χ1v) is 21.3. The lowest BCUT2D eigenvalue weighted by molar-refractivity contribution is 1.28. The number of para-hydroxylation sites is 3. The van der Waals surface area contributed by atoms with E-state index in [4.69, 9.17) is 0 Å². The van der Waals surface area contributed by atoms with E-state index in [2.05, 4.69) is 265 Å². The number of hydrogen-bond donors (Lipinski definition) is 0. The zero-order chi connectivity index (χ0) is 41.2. The third-order valence-corrected chi connectivity index (χ3v) is 12.0. The zero-order valence-corrected chi connectivity index (χ0v) is 34.1. The molecule has 2 nitrogen and oxygen atoms in total. The van der Waals surface area contributed by atoms with E-state index in [0.717, 1.165) is 34.1 Å². The number of rotatable bonds is 9. The summed E-state index contributed by atoms with van der Waals surface area (Å²) < 4.78 is 0. The smallest absolute Gasteiger partial charge is 0.0462 e. The summed E-state index contributed by atoms with van der Waals surface area (Å²) in [7, 11) is 0. The van der Waals surface area contributed by atoms with Gasteiger partial charge in [0.25, 0.3) is 0 Å². The van der Waals surface area contributed by atoms with E-state index in [1.807, 2.05) is 0 Å². The van der Waals surface area contributed by atoms with Crippen molar-refractivity contribution in [1.82, 2.24) is 0 Å². The minimum atomic E-state index is 1.10. The first-order valence-electron chi connectivity index (χ1n) is 21.3. The molecule has 0 N–H and O–H groups in total. The molecule has 0 heterocycles. The standard InChI is InChI=1S/C60H42N2/c1-4-19-47(20-5-1)61(48-21-6-2-7-22-48)50-37-31-43(32-38-50)44-33-39-51(40-34-44)62(49-23-8-3-9-24-49)52-41-35-46(36-42-52)59-55-26-12-14-28-57(55)60(58-29-15-13-27-56(58)59)54-30-16-18-45-17-10-11-25-53(45)54/h1-42H. The lowest BCUT2D eigenvalue weighted by Crippen LogP contribution is -2.09. The number of fused-ring (bicyclic) bond motifs is 3. The molecule has 0 saturated heterocycles. The van der Waals surface area contributed by atoms with Crippen molar-refractivity contribution in [2.45, 2.75) is 0 Å². The summed E-state index contributed by atoms with van der Waals surface area (Å²) in [5.41, 5.74) is 14.0. The number of benzene rings is 11. The Hall–Kier alpha value is -8.20. The summed E-state index contributed by atoms with van der Waals surface area (Å²) in [5.74, 6) is 0. The Bertz CT molecular complexity index is 3200. The number of anilines is 6. The molecule has 11 aromatic rings. The predicted octanol–water partition coefficient (Wildman–Crippen LogP) is 17.1. The Morgan fingerprint density at radius 1 is 0.194 bits per heavy atom. The highest BCUT2D eigenvalue weighted by molar-refractivity contribution is 6.23. The van der Waals surface area contributed by atoms with Crippen LogP contribution >= 0.6 is 0 Å². The van der Waals surface area contributed by atoms with Crippen molar-refractivity contribution in [2.75, 3.05) is 9.80 Å². The first kappa shape index (κ1) is 36.8. The van der Waals surface area contributed by atoms with Gasteiger partial charge < -0.3 is 9.80 Å². The maximum absolute atomic E-state index is 2.34. The molecule has 0 aliphatic rings. The van der Waals surface area contributed by atoms with Crippen molar-refractivity contribution in [3.8, 4) is 33.4 Å². The lowest BCUT2D eigenvalue weighted by atomic mass is 9.85. The van der Waals surface area contributed by atoms with Gasteiger partial charge in [0.1, 0.15) is 0 Å². The Morgan fingerprint density at radius 2 is 0.500 bits per heavy atom. The topological polar surface area (TPSA) is 6.48 Å². The molecule has 0 aliphatic carbocycles. The van der Waals surface area contributed by atoms with Gasteiger partial charge in [-0.05, 0) is 138 Å². The van der Waals surface area contributed by atoms with Gasteiger partial charge in [-0.25, -0.2) is 0 Å². The first-order chi connectivity index (χ1) is 30.8. The second kappa shape index (κ2) is 16.1. The van der Waals surface area contributed by atoms with Crippen molar-refractivity contribution < 1.29 is 0 Å². The van der Waals surface area contributed by atoms with Crippen molar-refractivity contribution in [3.63, 3.8) is 0 Å². The molecule has 2 heteroatoms. The minimum absolute atomic E-state index is 1.10. The summed E-state index contributed by atoms with van der Waals surface area (Å²) in [6.45, 7) is 0. The van der Waals surface area contributed by atoms with Gasteiger partial charge in [0.05, 0.1) is 0 Å². The van der Waals surface area contributed by atoms with Crippen LogP contribution in [0.2, 0.25) is 0 Å². The SMILES string of the molecule is c1ccc(N(c2ccccc2)c2ccc(-c3ccc(N(c4ccccc4)c4ccc(-c5c6ccccc6c(-c6cccc7ccccc67)c6ccccc56)cc4)cc3)cc2)cc1. The van der Waals surface area contributed by atoms with Gasteiger partial charge >= 0.3 is 0 Å². The minimum Gasteiger partial charge on any atom is -0.311 e. The summed E-state index contributed by atoms with van der Waals surface area (Å²) in [5, 5.41) is 7.53. The van der Waals surface area contributed by atoms with E-state index in [0.29, 0.717) is 0 Å². The summed E-state index contributed by atoms with van der Waals surface area (Å²) in [6.07, 6.45) is 0. The zero-order valence-electron chi connectivity index (χ0n) is 34.1. The van der Waals surface area contributed by atoms with Gasteiger partial charge in [0.2, 0.25) is 0 Å². The normalized spacial score (nSPS) is 11.2. The largest absolute Gasteiger partial charge is 0.311 e. The third-order valence-electron chi connectivity index (χ3n) is 12.0. The molecule has 0 unspecified atom stereocenters. The molecule has 0 amide bonds. The van der Waals surface area contributed by atoms with Crippen LogP contribution in [-0.2, 0) is 0 Å². The Morgan fingerprint density at radius 3 is 0.919 bits per heavy atom. The van der Waals surface area contributed by atoms with Crippen LogP contribution in [0.1, 0.15) is 0 Å². The van der Waals surface area contributed by atoms with Gasteiger partial charge in [-0.2, -0.15) is 0 Å². The molecule has 0 spiro atoms. The number of hydrogen-bond acceptors (Lipinski definition) is 2. The number of nitrogens with zero attached hydrogens (tertiary/aromatic N) is 2. The van der Waals surface area contributed by atoms with E-state index < -0.39 is 0 Å². The van der Waals surface area contributed by atoms with Crippen molar-refractivity contribution in [2.24, 2.45) is 0 Å². The van der Waals surface area contributed by atoms with Gasteiger partial charge in [-0.1, -0.05) is 182 Å². The molecule has 0 aromatic heterocycles. The summed E-state index contributed by atoms with van der Waals surface area (Å²) in [6, 6.07) is 91.8. The Balaban J connectivity index is 0.953. The monoisotopic (exact) mass is 790 g/mol. The van der Waals surface area contributed by atoms with Crippen molar-refractivity contribution >= 4 is 66.4 Å². The summed E-state index contributed by atoms with van der Waals surface area (Å²) in [4.78, 5) is 4.64. The molecule has 11 rings (SSSR count). The molecule has 292 valence electrons. The molecular formula is C60H42N2. The molecule has 0 aliphatic heterocycles. The third kappa shape index (κ3) is 6.74. The van der Waals surface area contributed by atoms with E-state index >= 15 is 0 Å². The molecule has 0 fully saturated rings. The highest BCUT2D eigenvalue weighted by Gasteiger charge is 2.19. The van der Waals surface area contributed by atoms with Crippen LogP contribution in [0.3, 0.4) is 0 Å². The van der Waals surface area contributed by atoms with Crippen LogP contribution in [0.5, 0.6) is 0 Å². The van der Waals surface area contributed by atoms with Crippen LogP contribution in [0.25, 0.3) is 65.7 Å². The average molecular weight is 791 g/mol. The highest BCUT2D eigenvalue weighted by atomic mass is 15.1. The van der Waals surface area contributed by atoms with Crippen molar-refractivity contribution in [3.05, 3.63) is 255 Å². The van der Waals surface area contributed by atoms with Crippen LogP contribution in [0, 0.1) is 0 Å². The maximum Gasteiger partial charge on any atom is 0.0462 e. The van der Waals surface area contributed by atoms with E-state index in [-0.39, 0.29) is 0 Å². The van der Waals surface area contributed by atoms with Crippen LogP contribution in [0.4, 0.5) is 34.1 Å². The Labute approximate surface area is 362 Å². The molecule has 62 heavy (non-hydrogen) atoms. The molecule has 0 bridgehead atoms. The quantitative estimate of drug-likeness (QED) is 0.134. The average Bonchev–Trinajstić information content (AvgIpc) is 3.35. The fourth-order valence-electron chi connectivity index (χ4n) is 9.18. The highest BCUT2D eigenvalue weighted by Crippen LogP contribution is 2.46. The fraction of sp³-hybridized carbons (Fsp3) is 0. The van der Waals surface area contributed by atoms with Gasteiger partial charge in [-0.3, -0.25) is 0 Å². The van der Waals surface area contributed by atoms with E-state index in [9.17, 15) is 0 Å². The maximum atomic E-state index is 2.34. The predicted molar refractivity (Wildman–Crippen MR) is 265 cm³/mol. The second-order valence-corrected chi connectivity index (χ2v) is 15.7. The molecular weight excluding hydrogens is 749 g/mol. The van der Waals surface area contributed by atoms with E-state index in [1.165, 1.54) is 65.7 Å². The fourth-order valence-corrected chi connectivity index (χ4v) is 9.18. The van der Waals surface area contributed by atoms with E-state index in [1.54, 1.807) is 0 Å². The van der Waals surface area contributed by atoms with Crippen LogP contribution < -0.4 is 9.80 Å². The Kier molecular flexibility index (Phi) is 9.57. The van der Waals surface area contributed by atoms with Gasteiger partial charge in [0.15, 0.2) is 0 Å². The summed E-state index contributed by atoms with van der Waals surface area (Å²) >= 11 is 0. The molecule has 0 atom stereocenters. The van der Waals surface area contributed by atoms with Gasteiger partial charge in [0, 0.05) is 34.1 Å². The van der Waals surface area contributed by atoms with Gasteiger partial charge in [-0.15, -0.1) is 0 Å². The van der Waals surface area contributed by atoms with Crippen molar-refractivity contribution in [1.29, 1.82) is 0 Å². The molecule has 0 radical (unpaired) electrons. The lowest BCUT2D eigenvalue weighted by Gasteiger charge is -2.26. The second-order valence-electron chi connectivity index (χ2n) is 15.7. The molecule has 0 saturated carbocycles. The van der Waals surface area contributed by atoms with Crippen LogP contribution in [-0.4, -0.2) is 0 Å². The van der Waals surface area contributed by atoms with Crippen LogP contribution in [0.15, 0.2) is 255 Å².